The largest absolute Gasteiger partial charge is 0.416 e. The van der Waals surface area contributed by atoms with Gasteiger partial charge in [-0.1, -0.05) is 12.1 Å². The number of imidazole rings is 1. The Morgan fingerprint density at radius 1 is 0.968 bits per heavy atom. The Morgan fingerprint density at radius 2 is 1.68 bits per heavy atom. The van der Waals surface area contributed by atoms with Crippen molar-refractivity contribution in [3.8, 4) is 17.1 Å². The summed E-state index contributed by atoms with van der Waals surface area (Å²) in [6, 6.07) is 14.3. The number of pyridine rings is 1. The van der Waals surface area contributed by atoms with E-state index in [9.17, 15) is 13.2 Å². The van der Waals surface area contributed by atoms with Crippen LogP contribution in [-0.2, 0) is 13.2 Å². The number of aromatic nitrogens is 3. The van der Waals surface area contributed by atoms with Gasteiger partial charge in [-0.3, -0.25) is 0 Å². The molecule has 31 heavy (non-hydrogen) atoms. The Morgan fingerprint density at radius 3 is 2.35 bits per heavy atom. The minimum absolute atomic E-state index is 0.112. The SMILES string of the molecule is Cc1c(-c2n(C(C)C)cc[n+]2C)cc(C(F)(F)F)cc1-[n+]1c(C)ccc2ccccc21. The molecule has 0 radical (unpaired) electrons. The van der Waals surface area contributed by atoms with Crippen molar-refractivity contribution in [3.05, 3.63) is 77.7 Å². The molecule has 6 heteroatoms. The molecule has 0 atom stereocenters. The van der Waals surface area contributed by atoms with Gasteiger partial charge in [0.25, 0.3) is 5.82 Å². The van der Waals surface area contributed by atoms with Gasteiger partial charge in [0.05, 0.1) is 24.2 Å². The number of benzene rings is 2. The number of hydrogen-bond acceptors (Lipinski definition) is 0. The molecule has 0 spiro atoms. The van der Waals surface area contributed by atoms with Crippen LogP contribution in [0.2, 0.25) is 0 Å². The van der Waals surface area contributed by atoms with Crippen molar-refractivity contribution in [1.82, 2.24) is 4.57 Å². The van der Waals surface area contributed by atoms with Crippen molar-refractivity contribution in [2.75, 3.05) is 0 Å². The third-order valence-electron chi connectivity index (χ3n) is 5.81. The van der Waals surface area contributed by atoms with Gasteiger partial charge in [0.2, 0.25) is 11.2 Å². The minimum atomic E-state index is -4.45. The molecule has 0 aliphatic carbocycles. The van der Waals surface area contributed by atoms with E-state index in [1.165, 1.54) is 12.1 Å². The van der Waals surface area contributed by atoms with Gasteiger partial charge in [-0.05, 0) is 39.0 Å². The first kappa shape index (κ1) is 21.1. The van der Waals surface area contributed by atoms with Gasteiger partial charge < -0.3 is 0 Å². The molecule has 0 aliphatic rings. The van der Waals surface area contributed by atoms with Gasteiger partial charge in [0.1, 0.15) is 12.4 Å². The summed E-state index contributed by atoms with van der Waals surface area (Å²) in [4.78, 5) is 0. The van der Waals surface area contributed by atoms with Crippen LogP contribution in [0.15, 0.2) is 60.9 Å². The van der Waals surface area contributed by atoms with Crippen LogP contribution in [0, 0.1) is 13.8 Å². The second-order valence-electron chi connectivity index (χ2n) is 8.27. The molecule has 0 amide bonds. The molecule has 4 rings (SSSR count). The van der Waals surface area contributed by atoms with Crippen LogP contribution >= 0.6 is 0 Å². The highest BCUT2D eigenvalue weighted by molar-refractivity contribution is 5.76. The zero-order chi connectivity index (χ0) is 22.5. The molecule has 0 unspecified atom stereocenters. The Bertz CT molecular complexity index is 1280. The van der Waals surface area contributed by atoms with Crippen LogP contribution in [0.3, 0.4) is 0 Å². The number of para-hydroxylation sites is 1. The van der Waals surface area contributed by atoms with Crippen molar-refractivity contribution < 1.29 is 22.3 Å². The van der Waals surface area contributed by atoms with Gasteiger partial charge in [0.15, 0.2) is 5.69 Å². The van der Waals surface area contributed by atoms with Crippen LogP contribution in [-0.4, -0.2) is 4.57 Å². The first-order valence-electron chi connectivity index (χ1n) is 10.3. The smallest absolute Gasteiger partial charge is 0.233 e. The lowest BCUT2D eigenvalue weighted by Crippen LogP contribution is -2.37. The van der Waals surface area contributed by atoms with Crippen LogP contribution in [0.1, 0.15) is 36.7 Å². The molecule has 0 aliphatic heterocycles. The molecule has 160 valence electrons. The Balaban J connectivity index is 2.13. The van der Waals surface area contributed by atoms with Gasteiger partial charge in [-0.25, -0.2) is 9.13 Å². The second-order valence-corrected chi connectivity index (χ2v) is 8.27. The number of halogens is 3. The van der Waals surface area contributed by atoms with E-state index < -0.39 is 11.7 Å². The summed E-state index contributed by atoms with van der Waals surface area (Å²) in [5.74, 6) is 0.748. The minimum Gasteiger partial charge on any atom is -0.233 e. The number of fused-ring (bicyclic) bond motifs is 1. The molecule has 2 aromatic heterocycles. The van der Waals surface area contributed by atoms with Crippen molar-refractivity contribution in [2.45, 2.75) is 39.9 Å². The highest BCUT2D eigenvalue weighted by Gasteiger charge is 2.36. The first-order chi connectivity index (χ1) is 14.6. The first-order valence-corrected chi connectivity index (χ1v) is 10.3. The van der Waals surface area contributed by atoms with E-state index in [2.05, 4.69) is 0 Å². The number of aryl methyl sites for hydroxylation is 2. The van der Waals surface area contributed by atoms with Gasteiger partial charge in [0, 0.05) is 36.1 Å². The zero-order valence-corrected chi connectivity index (χ0v) is 18.3. The zero-order valence-electron chi connectivity index (χ0n) is 18.3. The van der Waals surface area contributed by atoms with Crippen molar-refractivity contribution in [1.29, 1.82) is 0 Å². The average Bonchev–Trinajstić information content (AvgIpc) is 3.09. The lowest BCUT2D eigenvalue weighted by molar-refractivity contribution is -0.659. The molecular formula is C25H26F3N3+2. The maximum absolute atomic E-state index is 14.0. The van der Waals surface area contributed by atoms with E-state index in [0.29, 0.717) is 11.3 Å². The highest BCUT2D eigenvalue weighted by atomic mass is 19.4. The van der Waals surface area contributed by atoms with Gasteiger partial charge in [-0.15, -0.1) is 0 Å². The van der Waals surface area contributed by atoms with Crippen LogP contribution < -0.4 is 9.13 Å². The maximum atomic E-state index is 14.0. The maximum Gasteiger partial charge on any atom is 0.416 e. The van der Waals surface area contributed by atoms with E-state index >= 15 is 0 Å². The molecule has 2 heterocycles. The third-order valence-corrected chi connectivity index (χ3v) is 5.81. The summed E-state index contributed by atoms with van der Waals surface area (Å²) in [7, 11) is 1.86. The monoisotopic (exact) mass is 425 g/mol. The summed E-state index contributed by atoms with van der Waals surface area (Å²) >= 11 is 0. The number of rotatable bonds is 3. The molecule has 0 fully saturated rings. The fraction of sp³-hybridized carbons (Fsp3) is 0.280. The lowest BCUT2D eigenvalue weighted by atomic mass is 10.00. The predicted octanol–water partition coefficient (Wildman–Crippen LogP) is 5.63. The van der Waals surface area contributed by atoms with E-state index in [-0.39, 0.29) is 6.04 Å². The molecule has 0 saturated carbocycles. The second kappa shape index (κ2) is 7.52. The number of alkyl halides is 3. The van der Waals surface area contributed by atoms with E-state index in [1.807, 2.05) is 97.2 Å². The summed E-state index contributed by atoms with van der Waals surface area (Å²) in [6.07, 6.45) is -0.662. The molecule has 0 N–H and O–H groups in total. The topological polar surface area (TPSA) is 12.7 Å². The predicted molar refractivity (Wildman–Crippen MR) is 115 cm³/mol. The number of nitrogens with zero attached hydrogens (tertiary/aromatic N) is 3. The number of hydrogen-bond donors (Lipinski definition) is 0. The van der Waals surface area contributed by atoms with Crippen molar-refractivity contribution in [3.63, 3.8) is 0 Å². The Hall–Kier alpha value is -3.15. The standard InChI is InChI=1S/C25H26F3N3/c1-16(2)30-13-12-29(5)24(30)21-14-20(25(26,27)28)15-23(18(21)4)31-17(3)10-11-19-8-6-7-9-22(19)31/h6-16H,1-5H3/q+2. The quantitative estimate of drug-likeness (QED) is 0.378. The molecule has 3 nitrogen and oxygen atoms in total. The molecular weight excluding hydrogens is 399 g/mol. The van der Waals surface area contributed by atoms with E-state index in [1.54, 1.807) is 0 Å². The lowest BCUT2D eigenvalue weighted by Gasteiger charge is -2.15. The fourth-order valence-corrected chi connectivity index (χ4v) is 4.19. The normalized spacial score (nSPS) is 12.2. The average molecular weight is 425 g/mol. The summed E-state index contributed by atoms with van der Waals surface area (Å²) in [5.41, 5.74) is 3.00. The third kappa shape index (κ3) is 3.60. The van der Waals surface area contributed by atoms with Crippen molar-refractivity contribution in [2.24, 2.45) is 7.05 Å². The summed E-state index contributed by atoms with van der Waals surface area (Å²) < 4.78 is 47.8. The van der Waals surface area contributed by atoms with Crippen molar-refractivity contribution >= 4 is 10.9 Å². The van der Waals surface area contributed by atoms with Gasteiger partial charge in [-0.2, -0.15) is 17.7 Å². The van der Waals surface area contributed by atoms with Crippen LogP contribution in [0.5, 0.6) is 0 Å². The van der Waals surface area contributed by atoms with E-state index in [0.717, 1.165) is 28.0 Å². The molecule has 0 saturated heterocycles. The van der Waals surface area contributed by atoms with E-state index in [4.69, 9.17) is 0 Å². The molecule has 4 aromatic rings. The Labute approximate surface area is 180 Å². The summed E-state index contributed by atoms with van der Waals surface area (Å²) in [6.45, 7) is 7.87. The Kier molecular flexibility index (Phi) is 5.12. The fourth-order valence-electron chi connectivity index (χ4n) is 4.19. The molecule has 0 bridgehead atoms. The van der Waals surface area contributed by atoms with Gasteiger partial charge >= 0.3 is 6.18 Å². The summed E-state index contributed by atoms with van der Waals surface area (Å²) in [5, 5.41) is 0.975. The van der Waals surface area contributed by atoms with Crippen LogP contribution in [0.25, 0.3) is 28.0 Å². The van der Waals surface area contributed by atoms with Crippen LogP contribution in [0.4, 0.5) is 13.2 Å². The highest BCUT2D eigenvalue weighted by Crippen LogP contribution is 2.36. The molecule has 2 aromatic carbocycles.